The van der Waals surface area contributed by atoms with Crippen LogP contribution in [-0.2, 0) is 0 Å². The maximum Gasteiger partial charge on any atom is 0.123 e. The molecule has 0 aliphatic heterocycles. The molecule has 3 heteroatoms. The molecule has 0 heterocycles. The smallest absolute Gasteiger partial charge is 0.123 e. The van der Waals surface area contributed by atoms with Crippen LogP contribution in [0.1, 0.15) is 31.7 Å². The molecule has 0 radical (unpaired) electrons. The molecule has 2 aromatic carbocycles. The van der Waals surface area contributed by atoms with Gasteiger partial charge in [-0.1, -0.05) is 48.6 Å². The fraction of sp³-hybridized carbons (Fsp3) is 0.273. The van der Waals surface area contributed by atoms with E-state index in [1.807, 2.05) is 50.3 Å². The average molecular weight is 336 g/mol. The molecule has 3 N–H and O–H groups in total. The normalized spacial score (nSPS) is 23.2. The topological polar surface area (TPSA) is 60.7 Å². The number of phenolic OH excluding ortho intramolecular Hbond substituents is 2. The van der Waals surface area contributed by atoms with Crippen LogP contribution in [0.5, 0.6) is 11.5 Å². The average Bonchev–Trinajstić information content (AvgIpc) is 2.57. The van der Waals surface area contributed by atoms with Crippen LogP contribution in [0.4, 0.5) is 0 Å². The number of rotatable bonds is 3. The lowest BCUT2D eigenvalue weighted by atomic mass is 9.72. The van der Waals surface area contributed by atoms with Crippen LogP contribution in [0.2, 0.25) is 0 Å². The van der Waals surface area contributed by atoms with E-state index in [0.717, 1.165) is 22.3 Å². The zero-order valence-electron chi connectivity index (χ0n) is 14.6. The first-order valence-corrected chi connectivity index (χ1v) is 8.51. The summed E-state index contributed by atoms with van der Waals surface area (Å²) in [6, 6.07) is 13.0. The summed E-state index contributed by atoms with van der Waals surface area (Å²) in [5.74, 6) is -0.102. The van der Waals surface area contributed by atoms with E-state index >= 15 is 0 Å². The van der Waals surface area contributed by atoms with E-state index < -0.39 is 6.10 Å². The molecule has 25 heavy (non-hydrogen) atoms. The highest BCUT2D eigenvalue weighted by Gasteiger charge is 2.33. The van der Waals surface area contributed by atoms with Gasteiger partial charge in [-0.3, -0.25) is 0 Å². The van der Waals surface area contributed by atoms with E-state index in [2.05, 4.69) is 6.58 Å². The first-order valence-electron chi connectivity index (χ1n) is 8.51. The van der Waals surface area contributed by atoms with Gasteiger partial charge in [0.25, 0.3) is 0 Å². The highest BCUT2D eigenvalue weighted by atomic mass is 16.3. The van der Waals surface area contributed by atoms with Crippen molar-refractivity contribution >= 4 is 0 Å². The van der Waals surface area contributed by atoms with E-state index in [9.17, 15) is 15.3 Å². The number of aromatic hydroxyl groups is 2. The molecule has 0 amide bonds. The lowest BCUT2D eigenvalue weighted by molar-refractivity contribution is 0.168. The molecule has 1 aliphatic rings. The Bertz CT molecular complexity index is 797. The van der Waals surface area contributed by atoms with Gasteiger partial charge in [0.2, 0.25) is 0 Å². The predicted molar refractivity (Wildman–Crippen MR) is 101 cm³/mol. The molecule has 0 aromatic heterocycles. The SMILES string of the molecule is C=C(C)[C@@H]1C[C@H](O)C(C)=C[C@H]1c1c(O)cc(-c2ccccc2)cc1O. The van der Waals surface area contributed by atoms with E-state index in [1.165, 1.54) is 0 Å². The molecule has 0 fully saturated rings. The molecule has 3 atom stereocenters. The zero-order chi connectivity index (χ0) is 18.1. The third-order valence-electron chi connectivity index (χ3n) is 5.09. The van der Waals surface area contributed by atoms with Gasteiger partial charge in [0.05, 0.1) is 6.10 Å². The summed E-state index contributed by atoms with van der Waals surface area (Å²) in [5.41, 5.74) is 3.98. The second-order valence-electron chi connectivity index (χ2n) is 6.94. The number of phenols is 2. The van der Waals surface area contributed by atoms with Crippen molar-refractivity contribution in [2.24, 2.45) is 5.92 Å². The Hall–Kier alpha value is -2.52. The molecular formula is C22H24O3. The number of benzene rings is 2. The summed E-state index contributed by atoms with van der Waals surface area (Å²) in [6.45, 7) is 7.83. The van der Waals surface area contributed by atoms with Crippen LogP contribution in [0, 0.1) is 5.92 Å². The van der Waals surface area contributed by atoms with Gasteiger partial charge in [-0.2, -0.15) is 0 Å². The third-order valence-corrected chi connectivity index (χ3v) is 5.09. The molecular weight excluding hydrogens is 312 g/mol. The minimum atomic E-state index is -0.508. The maximum absolute atomic E-state index is 10.7. The van der Waals surface area contributed by atoms with Crippen LogP contribution >= 0.6 is 0 Å². The Kier molecular flexibility index (Phi) is 4.69. The van der Waals surface area contributed by atoms with Gasteiger partial charge >= 0.3 is 0 Å². The highest BCUT2D eigenvalue weighted by molar-refractivity contribution is 5.69. The number of hydrogen-bond acceptors (Lipinski definition) is 3. The second kappa shape index (κ2) is 6.77. The number of hydrogen-bond donors (Lipinski definition) is 3. The Morgan fingerprint density at radius 3 is 2.20 bits per heavy atom. The Morgan fingerprint density at radius 1 is 1.04 bits per heavy atom. The van der Waals surface area contributed by atoms with Crippen molar-refractivity contribution in [1.29, 1.82) is 0 Å². The largest absolute Gasteiger partial charge is 0.507 e. The second-order valence-corrected chi connectivity index (χ2v) is 6.94. The molecule has 1 aliphatic carbocycles. The molecule has 0 unspecified atom stereocenters. The lowest BCUT2D eigenvalue weighted by Crippen LogP contribution is -2.26. The Balaban J connectivity index is 2.09. The van der Waals surface area contributed by atoms with Crippen molar-refractivity contribution in [3.05, 3.63) is 71.8 Å². The molecule has 2 aromatic rings. The first-order chi connectivity index (χ1) is 11.9. The summed E-state index contributed by atoms with van der Waals surface area (Å²) >= 11 is 0. The fourth-order valence-corrected chi connectivity index (χ4v) is 3.64. The minimum absolute atomic E-state index is 0.0296. The van der Waals surface area contributed by atoms with Gasteiger partial charge in [-0.15, -0.1) is 0 Å². The number of aliphatic hydroxyl groups is 1. The van der Waals surface area contributed by atoms with Crippen LogP contribution in [0.15, 0.2) is 66.3 Å². The first kappa shape index (κ1) is 17.3. The fourth-order valence-electron chi connectivity index (χ4n) is 3.64. The van der Waals surface area contributed by atoms with Crippen molar-refractivity contribution in [3.8, 4) is 22.6 Å². The van der Waals surface area contributed by atoms with E-state index in [0.29, 0.717) is 12.0 Å². The summed E-state index contributed by atoms with van der Waals surface area (Å²) in [4.78, 5) is 0. The molecule has 0 spiro atoms. The summed E-state index contributed by atoms with van der Waals surface area (Å²) < 4.78 is 0. The summed E-state index contributed by atoms with van der Waals surface area (Å²) in [7, 11) is 0. The van der Waals surface area contributed by atoms with Crippen LogP contribution < -0.4 is 0 Å². The maximum atomic E-state index is 10.7. The molecule has 0 saturated heterocycles. The monoisotopic (exact) mass is 336 g/mol. The number of aliphatic hydroxyl groups excluding tert-OH is 1. The third kappa shape index (κ3) is 3.33. The van der Waals surface area contributed by atoms with E-state index in [4.69, 9.17) is 0 Å². The van der Waals surface area contributed by atoms with Crippen molar-refractivity contribution < 1.29 is 15.3 Å². The molecule has 3 rings (SSSR count). The molecule has 3 nitrogen and oxygen atoms in total. The molecule has 0 bridgehead atoms. The quantitative estimate of drug-likeness (QED) is 0.709. The van der Waals surface area contributed by atoms with E-state index in [-0.39, 0.29) is 23.3 Å². The van der Waals surface area contributed by atoms with Crippen molar-refractivity contribution in [2.75, 3.05) is 0 Å². The highest BCUT2D eigenvalue weighted by Crippen LogP contribution is 2.47. The lowest BCUT2D eigenvalue weighted by Gasteiger charge is -2.34. The van der Waals surface area contributed by atoms with Crippen LogP contribution in [0.3, 0.4) is 0 Å². The zero-order valence-corrected chi connectivity index (χ0v) is 14.6. The van der Waals surface area contributed by atoms with Gasteiger partial charge in [-0.25, -0.2) is 0 Å². The molecule has 0 saturated carbocycles. The van der Waals surface area contributed by atoms with Crippen molar-refractivity contribution in [3.63, 3.8) is 0 Å². The van der Waals surface area contributed by atoms with Gasteiger partial charge in [0, 0.05) is 11.5 Å². The van der Waals surface area contributed by atoms with Gasteiger partial charge < -0.3 is 15.3 Å². The van der Waals surface area contributed by atoms with Crippen molar-refractivity contribution in [1.82, 2.24) is 0 Å². The molecule has 130 valence electrons. The van der Waals surface area contributed by atoms with Crippen molar-refractivity contribution in [2.45, 2.75) is 32.3 Å². The summed E-state index contributed by atoms with van der Waals surface area (Å²) in [5, 5.41) is 31.5. The van der Waals surface area contributed by atoms with Crippen LogP contribution in [0.25, 0.3) is 11.1 Å². The predicted octanol–water partition coefficient (Wildman–Crippen LogP) is 4.75. The van der Waals surface area contributed by atoms with Gasteiger partial charge in [0.15, 0.2) is 0 Å². The van der Waals surface area contributed by atoms with Gasteiger partial charge in [-0.05, 0) is 55.0 Å². The van der Waals surface area contributed by atoms with Gasteiger partial charge in [0.1, 0.15) is 11.5 Å². The standard InChI is InChI=1S/C22H24O3/c1-13(2)17-12-19(23)14(3)9-18(17)22-20(24)10-16(11-21(22)25)15-7-5-4-6-8-15/h4-11,17-19,23-25H,1,12H2,2-3H3/t17-,18+,19-/m0/s1. The Labute approximate surface area is 148 Å². The van der Waals surface area contributed by atoms with Crippen LogP contribution in [-0.4, -0.2) is 21.4 Å². The van der Waals surface area contributed by atoms with E-state index in [1.54, 1.807) is 12.1 Å². The Morgan fingerprint density at radius 2 is 1.64 bits per heavy atom. The number of allylic oxidation sites excluding steroid dienone is 2. The summed E-state index contributed by atoms with van der Waals surface area (Å²) in [6.07, 6.45) is 1.97. The minimum Gasteiger partial charge on any atom is -0.507 e.